The summed E-state index contributed by atoms with van der Waals surface area (Å²) in [6.07, 6.45) is 4.50. The molecule has 0 saturated heterocycles. The summed E-state index contributed by atoms with van der Waals surface area (Å²) in [6.45, 7) is 2.29. The van der Waals surface area contributed by atoms with E-state index in [0.29, 0.717) is 16.8 Å². The van der Waals surface area contributed by atoms with Crippen LogP contribution in [0.3, 0.4) is 0 Å². The van der Waals surface area contributed by atoms with Crippen LogP contribution in [-0.2, 0) is 11.3 Å². The third-order valence-electron chi connectivity index (χ3n) is 4.33. The van der Waals surface area contributed by atoms with Gasteiger partial charge in [-0.3, -0.25) is 14.2 Å². The van der Waals surface area contributed by atoms with E-state index in [2.05, 4.69) is 21.7 Å². The van der Waals surface area contributed by atoms with Crippen molar-refractivity contribution in [1.82, 2.24) is 20.2 Å². The van der Waals surface area contributed by atoms with Crippen LogP contribution in [-0.4, -0.2) is 35.1 Å². The zero-order chi connectivity index (χ0) is 17.9. The molecule has 0 fully saturated rings. The van der Waals surface area contributed by atoms with Crippen molar-refractivity contribution in [1.29, 1.82) is 0 Å². The number of carbonyl (C=O) groups excluding carboxylic acids is 1. The van der Waals surface area contributed by atoms with Crippen molar-refractivity contribution in [2.24, 2.45) is 0 Å². The second-order valence-electron chi connectivity index (χ2n) is 6.08. The lowest BCUT2D eigenvalue weighted by molar-refractivity contribution is -0.121. The Labute approximate surface area is 170 Å². The zero-order valence-electron chi connectivity index (χ0n) is 14.4. The summed E-state index contributed by atoms with van der Waals surface area (Å²) in [6, 6.07) is 3.95. The summed E-state index contributed by atoms with van der Waals surface area (Å²) >= 11 is 3.04. The van der Waals surface area contributed by atoms with Crippen molar-refractivity contribution in [3.63, 3.8) is 0 Å². The van der Waals surface area contributed by atoms with Crippen LogP contribution in [0.2, 0.25) is 0 Å². The number of aromatic nitrogens is 2. The van der Waals surface area contributed by atoms with Gasteiger partial charge in [-0.2, -0.15) is 0 Å². The molecule has 0 radical (unpaired) electrons. The topological polar surface area (TPSA) is 76.0 Å². The first kappa shape index (κ1) is 19.8. The molecule has 3 aromatic heterocycles. The summed E-state index contributed by atoms with van der Waals surface area (Å²) in [5.41, 5.74) is 1.94. The van der Waals surface area contributed by atoms with Gasteiger partial charge in [0.2, 0.25) is 5.91 Å². The van der Waals surface area contributed by atoms with Gasteiger partial charge in [-0.15, -0.1) is 35.1 Å². The van der Waals surface area contributed by atoms with Crippen LogP contribution in [0.25, 0.3) is 20.7 Å². The first-order chi connectivity index (χ1) is 12.7. The van der Waals surface area contributed by atoms with E-state index in [-0.39, 0.29) is 30.4 Å². The van der Waals surface area contributed by atoms with Crippen molar-refractivity contribution in [2.45, 2.75) is 13.0 Å². The van der Waals surface area contributed by atoms with Crippen molar-refractivity contribution < 1.29 is 4.79 Å². The maximum Gasteiger partial charge on any atom is 0.263 e. The van der Waals surface area contributed by atoms with Gasteiger partial charge in [0.25, 0.3) is 5.56 Å². The molecule has 142 valence electrons. The molecule has 2 N–H and O–H groups in total. The second kappa shape index (κ2) is 8.79. The summed E-state index contributed by atoms with van der Waals surface area (Å²) in [5, 5.41) is 10.7. The van der Waals surface area contributed by atoms with Crippen LogP contribution in [0.5, 0.6) is 0 Å². The molecule has 1 amide bonds. The lowest BCUT2D eigenvalue weighted by Crippen LogP contribution is -2.34. The lowest BCUT2D eigenvalue weighted by atomic mass is 10.1. The van der Waals surface area contributed by atoms with Crippen molar-refractivity contribution in [3.05, 3.63) is 51.2 Å². The zero-order valence-corrected chi connectivity index (χ0v) is 16.9. The average Bonchev–Trinajstić information content (AvgIpc) is 3.32. The molecule has 0 aromatic carbocycles. The lowest BCUT2D eigenvalue weighted by Gasteiger charge is -2.14. The second-order valence-corrected chi connectivity index (χ2v) is 7.88. The number of halogens is 1. The predicted octanol–water partition coefficient (Wildman–Crippen LogP) is 2.64. The molecule has 0 saturated carbocycles. The molecule has 0 spiro atoms. The Morgan fingerprint density at radius 3 is 3.00 bits per heavy atom. The first-order valence-corrected chi connectivity index (χ1v) is 10.1. The Hall–Kier alpha value is -2.00. The third-order valence-corrected chi connectivity index (χ3v) is 6.12. The fourth-order valence-corrected chi connectivity index (χ4v) is 4.67. The first-order valence-electron chi connectivity index (χ1n) is 8.38. The number of fused-ring (bicyclic) bond motifs is 1. The number of amides is 1. The molecule has 4 rings (SSSR count). The number of nitrogens with one attached hydrogen (secondary N) is 2. The smallest absolute Gasteiger partial charge is 0.263 e. The van der Waals surface area contributed by atoms with Crippen LogP contribution in [0.15, 0.2) is 45.7 Å². The molecule has 0 bridgehead atoms. The fourth-order valence-electron chi connectivity index (χ4n) is 2.95. The van der Waals surface area contributed by atoms with Gasteiger partial charge >= 0.3 is 0 Å². The molecule has 4 heterocycles. The molecule has 27 heavy (non-hydrogen) atoms. The van der Waals surface area contributed by atoms with Gasteiger partial charge in [-0.25, -0.2) is 4.98 Å². The minimum Gasteiger partial charge on any atom is -0.351 e. The fraction of sp³-hybridized carbons (Fsp3) is 0.278. The quantitative estimate of drug-likeness (QED) is 0.620. The molecule has 6 nitrogen and oxygen atoms in total. The maximum absolute atomic E-state index is 12.9. The highest BCUT2D eigenvalue weighted by molar-refractivity contribution is 7.18. The van der Waals surface area contributed by atoms with Crippen LogP contribution >= 0.6 is 35.1 Å². The van der Waals surface area contributed by atoms with Crippen LogP contribution < -0.4 is 16.2 Å². The van der Waals surface area contributed by atoms with Crippen molar-refractivity contribution in [3.8, 4) is 10.4 Å². The van der Waals surface area contributed by atoms with E-state index in [9.17, 15) is 9.59 Å². The molecule has 0 atom stereocenters. The summed E-state index contributed by atoms with van der Waals surface area (Å²) in [4.78, 5) is 31.2. The van der Waals surface area contributed by atoms with Gasteiger partial charge in [0, 0.05) is 28.9 Å². The van der Waals surface area contributed by atoms with Gasteiger partial charge < -0.3 is 10.6 Å². The maximum atomic E-state index is 12.9. The molecule has 1 aliphatic rings. The monoisotopic (exact) mass is 422 g/mol. The molecule has 0 aliphatic carbocycles. The highest BCUT2D eigenvalue weighted by Gasteiger charge is 2.15. The third kappa shape index (κ3) is 4.30. The number of hydrogen-bond donors (Lipinski definition) is 2. The van der Waals surface area contributed by atoms with Crippen molar-refractivity contribution >= 4 is 51.2 Å². The SMILES string of the molecule is Cl.O=C(Cn1cnc2scc(-c3cccs3)c2c1=O)NCC1=CCNCC1. The van der Waals surface area contributed by atoms with Crippen LogP contribution in [0.4, 0.5) is 0 Å². The predicted molar refractivity (Wildman–Crippen MR) is 113 cm³/mol. The van der Waals surface area contributed by atoms with E-state index < -0.39 is 0 Å². The summed E-state index contributed by atoms with van der Waals surface area (Å²) in [5.74, 6) is -0.180. The number of thiophene rings is 2. The standard InChI is InChI=1S/C18H18N4O2S2.ClH/c23-15(20-8-12-3-5-19-6-4-12)9-22-11-21-17-16(18(22)24)13(10-26-17)14-2-1-7-25-14;/h1-3,7,10-11,19H,4-6,8-9H2,(H,20,23);1H. The largest absolute Gasteiger partial charge is 0.351 e. The van der Waals surface area contributed by atoms with Gasteiger partial charge in [-0.1, -0.05) is 17.7 Å². The van der Waals surface area contributed by atoms with Gasteiger partial charge in [-0.05, 0) is 24.4 Å². The minimum absolute atomic E-state index is 0. The Balaban J connectivity index is 0.00000210. The minimum atomic E-state index is -0.180. The number of rotatable bonds is 5. The van der Waals surface area contributed by atoms with Gasteiger partial charge in [0.1, 0.15) is 11.4 Å². The van der Waals surface area contributed by atoms with Gasteiger partial charge in [0.05, 0.1) is 11.7 Å². The Morgan fingerprint density at radius 1 is 1.37 bits per heavy atom. The molecule has 1 aliphatic heterocycles. The number of hydrogen-bond acceptors (Lipinski definition) is 6. The Morgan fingerprint density at radius 2 is 2.26 bits per heavy atom. The molecule has 0 unspecified atom stereocenters. The molecular formula is C18H19ClN4O2S2. The Kier molecular flexibility index (Phi) is 6.43. The summed E-state index contributed by atoms with van der Waals surface area (Å²) < 4.78 is 1.39. The van der Waals surface area contributed by atoms with E-state index in [1.54, 1.807) is 11.3 Å². The van der Waals surface area contributed by atoms with Gasteiger partial charge in [0.15, 0.2) is 0 Å². The number of nitrogens with zero attached hydrogens (tertiary/aromatic N) is 2. The highest BCUT2D eigenvalue weighted by Crippen LogP contribution is 2.33. The Bertz CT molecular complexity index is 1020. The van der Waals surface area contributed by atoms with Crippen LogP contribution in [0, 0.1) is 0 Å². The highest BCUT2D eigenvalue weighted by atomic mass is 35.5. The van der Waals surface area contributed by atoms with E-state index in [1.165, 1.54) is 27.8 Å². The number of carbonyl (C=O) groups is 1. The molecule has 9 heteroatoms. The van der Waals surface area contributed by atoms with E-state index in [0.717, 1.165) is 30.0 Å². The van der Waals surface area contributed by atoms with E-state index >= 15 is 0 Å². The van der Waals surface area contributed by atoms with Crippen molar-refractivity contribution in [2.75, 3.05) is 19.6 Å². The average molecular weight is 423 g/mol. The molecule has 3 aromatic rings. The summed E-state index contributed by atoms with van der Waals surface area (Å²) in [7, 11) is 0. The van der Waals surface area contributed by atoms with Crippen LogP contribution in [0.1, 0.15) is 6.42 Å². The van der Waals surface area contributed by atoms with E-state index in [4.69, 9.17) is 0 Å². The molecular weight excluding hydrogens is 404 g/mol. The van der Waals surface area contributed by atoms with E-state index in [1.807, 2.05) is 22.9 Å². The normalized spacial score (nSPS) is 13.9.